The Balaban J connectivity index is 1.97. The van der Waals surface area contributed by atoms with Gasteiger partial charge in [0, 0.05) is 18.9 Å². The molecule has 4 heteroatoms. The van der Waals surface area contributed by atoms with Gasteiger partial charge in [-0.1, -0.05) is 18.2 Å². The van der Waals surface area contributed by atoms with Crippen LogP contribution in [0.3, 0.4) is 0 Å². The molecule has 0 fully saturated rings. The molecule has 0 unspecified atom stereocenters. The third-order valence-electron chi connectivity index (χ3n) is 2.97. The molecule has 0 spiro atoms. The topological polar surface area (TPSA) is 49.9 Å². The number of nitrogens with one attached hydrogen (secondary N) is 2. The summed E-state index contributed by atoms with van der Waals surface area (Å²) in [6, 6.07) is 6.29. The summed E-state index contributed by atoms with van der Waals surface area (Å²) < 4.78 is 5.62. The number of nitrogens with zero attached hydrogens (tertiary/aromatic N) is 1. The van der Waals surface area contributed by atoms with Crippen LogP contribution in [0.25, 0.3) is 0 Å². The van der Waals surface area contributed by atoms with Gasteiger partial charge in [-0.25, -0.2) is 4.98 Å². The van der Waals surface area contributed by atoms with Crippen LogP contribution in [-0.2, 0) is 19.5 Å². The predicted octanol–water partition coefficient (Wildman–Crippen LogP) is 2.83. The Labute approximate surface area is 119 Å². The summed E-state index contributed by atoms with van der Waals surface area (Å²) in [5.41, 5.74) is 2.41. The van der Waals surface area contributed by atoms with Crippen LogP contribution in [0.1, 0.15) is 23.9 Å². The first-order valence-electron chi connectivity index (χ1n) is 6.88. The Hall–Kier alpha value is -2.07. The van der Waals surface area contributed by atoms with Crippen molar-refractivity contribution in [2.24, 2.45) is 0 Å². The van der Waals surface area contributed by atoms with Gasteiger partial charge in [0.05, 0.1) is 13.2 Å². The molecule has 4 nitrogen and oxygen atoms in total. The van der Waals surface area contributed by atoms with Crippen LogP contribution in [0.2, 0.25) is 0 Å². The number of aromatic amines is 1. The highest BCUT2D eigenvalue weighted by Gasteiger charge is 2.04. The van der Waals surface area contributed by atoms with Gasteiger partial charge in [-0.2, -0.15) is 0 Å². The molecule has 0 atom stereocenters. The first-order chi connectivity index (χ1) is 9.83. The van der Waals surface area contributed by atoms with E-state index in [-0.39, 0.29) is 0 Å². The molecule has 0 radical (unpaired) electrons. The van der Waals surface area contributed by atoms with Crippen LogP contribution < -0.4 is 10.1 Å². The van der Waals surface area contributed by atoms with Gasteiger partial charge in [0.2, 0.25) is 0 Å². The van der Waals surface area contributed by atoms with E-state index in [1.807, 2.05) is 25.3 Å². The molecule has 0 aliphatic rings. The summed E-state index contributed by atoms with van der Waals surface area (Å²) in [5.74, 6) is 1.89. The summed E-state index contributed by atoms with van der Waals surface area (Å²) in [6.07, 6.45) is 6.31. The van der Waals surface area contributed by atoms with Gasteiger partial charge in [-0.3, -0.25) is 0 Å². The van der Waals surface area contributed by atoms with E-state index in [4.69, 9.17) is 4.74 Å². The second-order valence-corrected chi connectivity index (χ2v) is 4.51. The minimum atomic E-state index is 0.681. The summed E-state index contributed by atoms with van der Waals surface area (Å²) in [5, 5.41) is 3.36. The van der Waals surface area contributed by atoms with Gasteiger partial charge < -0.3 is 15.0 Å². The van der Waals surface area contributed by atoms with Crippen molar-refractivity contribution < 1.29 is 4.74 Å². The second kappa shape index (κ2) is 7.50. The first kappa shape index (κ1) is 14.3. The zero-order valence-corrected chi connectivity index (χ0v) is 11.9. The van der Waals surface area contributed by atoms with Crippen molar-refractivity contribution in [3.05, 3.63) is 60.2 Å². The number of ether oxygens (including phenoxy) is 1. The minimum absolute atomic E-state index is 0.681. The van der Waals surface area contributed by atoms with E-state index in [1.54, 1.807) is 6.20 Å². The lowest BCUT2D eigenvalue weighted by molar-refractivity contribution is 0.337. The number of H-pyrrole nitrogens is 1. The van der Waals surface area contributed by atoms with Crippen LogP contribution in [0.15, 0.2) is 43.2 Å². The Morgan fingerprint density at radius 1 is 1.40 bits per heavy atom. The molecule has 20 heavy (non-hydrogen) atoms. The second-order valence-electron chi connectivity index (χ2n) is 4.51. The highest BCUT2D eigenvalue weighted by atomic mass is 16.5. The summed E-state index contributed by atoms with van der Waals surface area (Å²) in [7, 11) is 0. The van der Waals surface area contributed by atoms with E-state index < -0.39 is 0 Å². The van der Waals surface area contributed by atoms with Gasteiger partial charge >= 0.3 is 0 Å². The van der Waals surface area contributed by atoms with Crippen LogP contribution in [0.5, 0.6) is 5.75 Å². The minimum Gasteiger partial charge on any atom is -0.494 e. The Kier molecular flexibility index (Phi) is 5.38. The molecule has 0 aliphatic heterocycles. The smallest absolute Gasteiger partial charge is 0.122 e. The molecule has 0 bridgehead atoms. The maximum Gasteiger partial charge on any atom is 0.122 e. The summed E-state index contributed by atoms with van der Waals surface area (Å²) >= 11 is 0. The third-order valence-corrected chi connectivity index (χ3v) is 2.97. The third kappa shape index (κ3) is 3.96. The maximum absolute atomic E-state index is 5.62. The molecule has 0 saturated heterocycles. The van der Waals surface area contributed by atoms with E-state index in [0.29, 0.717) is 6.61 Å². The number of allylic oxidation sites excluding steroid dienone is 1. The molecular weight excluding hydrogens is 250 g/mol. The number of rotatable bonds is 8. The van der Waals surface area contributed by atoms with E-state index in [2.05, 4.69) is 34.0 Å². The highest BCUT2D eigenvalue weighted by molar-refractivity contribution is 5.38. The number of benzene rings is 1. The fourth-order valence-corrected chi connectivity index (χ4v) is 2.07. The Morgan fingerprint density at radius 3 is 3.00 bits per heavy atom. The van der Waals surface area contributed by atoms with Gasteiger partial charge in [0.1, 0.15) is 11.6 Å². The first-order valence-corrected chi connectivity index (χ1v) is 6.88. The van der Waals surface area contributed by atoms with Crippen molar-refractivity contribution in [1.29, 1.82) is 0 Å². The average Bonchev–Trinajstić information content (AvgIpc) is 2.95. The van der Waals surface area contributed by atoms with Gasteiger partial charge in [-0.15, -0.1) is 6.58 Å². The molecule has 1 aromatic heterocycles. The van der Waals surface area contributed by atoms with Crippen LogP contribution >= 0.6 is 0 Å². The molecule has 1 heterocycles. The zero-order chi connectivity index (χ0) is 14.2. The van der Waals surface area contributed by atoms with Crippen molar-refractivity contribution >= 4 is 0 Å². The Bertz CT molecular complexity index is 535. The molecule has 2 aromatic rings. The van der Waals surface area contributed by atoms with E-state index in [0.717, 1.165) is 31.1 Å². The lowest BCUT2D eigenvalue weighted by atomic mass is 10.1. The van der Waals surface area contributed by atoms with E-state index in [9.17, 15) is 0 Å². The van der Waals surface area contributed by atoms with Gasteiger partial charge in [0.15, 0.2) is 0 Å². The lowest BCUT2D eigenvalue weighted by Gasteiger charge is -2.11. The molecule has 2 rings (SSSR count). The summed E-state index contributed by atoms with van der Waals surface area (Å²) in [6.45, 7) is 8.01. The van der Waals surface area contributed by atoms with Crippen molar-refractivity contribution in [3.8, 4) is 5.75 Å². The molecular formula is C16H21N3O. The molecule has 0 amide bonds. The standard InChI is InChI=1S/C16H21N3O/c1-3-5-14-10-13(6-7-15(14)20-4-2)11-17-12-16-18-8-9-19-16/h3,6-10,17H,1,4-5,11-12H2,2H3,(H,18,19). The van der Waals surface area contributed by atoms with Crippen molar-refractivity contribution in [2.45, 2.75) is 26.4 Å². The average molecular weight is 271 g/mol. The SMILES string of the molecule is C=CCc1cc(CNCc2ncc[nH]2)ccc1OCC. The number of hydrogen-bond acceptors (Lipinski definition) is 3. The quantitative estimate of drug-likeness (QED) is 0.726. The molecule has 1 aromatic carbocycles. The molecule has 0 aliphatic carbocycles. The molecule has 0 saturated carbocycles. The van der Waals surface area contributed by atoms with Crippen LogP contribution in [0.4, 0.5) is 0 Å². The maximum atomic E-state index is 5.62. The van der Waals surface area contributed by atoms with Crippen molar-refractivity contribution in [1.82, 2.24) is 15.3 Å². The number of hydrogen-bond donors (Lipinski definition) is 2. The predicted molar refractivity (Wildman–Crippen MR) is 80.6 cm³/mol. The van der Waals surface area contributed by atoms with Crippen molar-refractivity contribution in [2.75, 3.05) is 6.61 Å². The van der Waals surface area contributed by atoms with Gasteiger partial charge in [-0.05, 0) is 30.5 Å². The monoisotopic (exact) mass is 271 g/mol. The van der Waals surface area contributed by atoms with Crippen LogP contribution in [0, 0.1) is 0 Å². The molecule has 2 N–H and O–H groups in total. The largest absolute Gasteiger partial charge is 0.494 e. The van der Waals surface area contributed by atoms with E-state index in [1.165, 1.54) is 11.1 Å². The fourth-order valence-electron chi connectivity index (χ4n) is 2.07. The normalized spacial score (nSPS) is 10.4. The number of imidazole rings is 1. The van der Waals surface area contributed by atoms with E-state index >= 15 is 0 Å². The number of aromatic nitrogens is 2. The zero-order valence-electron chi connectivity index (χ0n) is 11.9. The van der Waals surface area contributed by atoms with Crippen LogP contribution in [-0.4, -0.2) is 16.6 Å². The highest BCUT2D eigenvalue weighted by Crippen LogP contribution is 2.21. The Morgan fingerprint density at radius 2 is 2.30 bits per heavy atom. The molecule has 106 valence electrons. The fraction of sp³-hybridized carbons (Fsp3) is 0.312. The van der Waals surface area contributed by atoms with Crippen molar-refractivity contribution in [3.63, 3.8) is 0 Å². The van der Waals surface area contributed by atoms with Gasteiger partial charge in [0.25, 0.3) is 0 Å². The lowest BCUT2D eigenvalue weighted by Crippen LogP contribution is -2.14. The summed E-state index contributed by atoms with van der Waals surface area (Å²) in [4.78, 5) is 7.26.